The highest BCUT2D eigenvalue weighted by Crippen LogP contribution is 2.42. The lowest BCUT2D eigenvalue weighted by atomic mass is 9.74. The zero-order valence-electron chi connectivity index (χ0n) is 11.3. The highest BCUT2D eigenvalue weighted by molar-refractivity contribution is 5.57. The van der Waals surface area contributed by atoms with E-state index in [-0.39, 0.29) is 0 Å². The summed E-state index contributed by atoms with van der Waals surface area (Å²) >= 11 is 0. The van der Waals surface area contributed by atoms with Crippen LogP contribution in [0.2, 0.25) is 0 Å². The lowest BCUT2D eigenvalue weighted by Gasteiger charge is -2.58. The summed E-state index contributed by atoms with van der Waals surface area (Å²) < 4.78 is 0. The molecule has 5 rings (SSSR count). The van der Waals surface area contributed by atoms with E-state index in [0.717, 1.165) is 24.2 Å². The van der Waals surface area contributed by atoms with E-state index < -0.39 is 0 Å². The summed E-state index contributed by atoms with van der Waals surface area (Å²) in [6.45, 7) is 4.46. The summed E-state index contributed by atoms with van der Waals surface area (Å²) in [5.41, 5.74) is 4.33. The molecule has 18 heavy (non-hydrogen) atoms. The number of hydrogen-bond donors (Lipinski definition) is 1. The maximum atomic E-state index is 3.78. The standard InChI is InChI=1S/C16H22N2/c1-10-3-4-16(11(2)5-10)18-14-6-12-7-15(18)9-13(8-14)17-12/h3-5,12-15,17H,6-9H2,1-2H3. The van der Waals surface area contributed by atoms with E-state index >= 15 is 0 Å². The van der Waals surface area contributed by atoms with Crippen molar-refractivity contribution in [2.75, 3.05) is 4.90 Å². The van der Waals surface area contributed by atoms with Gasteiger partial charge in [0, 0.05) is 29.9 Å². The van der Waals surface area contributed by atoms with Crippen LogP contribution in [0.5, 0.6) is 0 Å². The fraction of sp³-hybridized carbons (Fsp3) is 0.625. The van der Waals surface area contributed by atoms with Crippen LogP contribution >= 0.6 is 0 Å². The summed E-state index contributed by atoms with van der Waals surface area (Å²) in [5.74, 6) is 0. The Morgan fingerprint density at radius 3 is 2.17 bits per heavy atom. The molecule has 4 aliphatic rings. The molecule has 0 aromatic heterocycles. The quantitative estimate of drug-likeness (QED) is 0.814. The third-order valence-corrected chi connectivity index (χ3v) is 5.12. The monoisotopic (exact) mass is 242 g/mol. The molecular weight excluding hydrogens is 220 g/mol. The molecule has 0 radical (unpaired) electrons. The SMILES string of the molecule is Cc1ccc(N2C3CC4CC2CC(C3)N4)c(C)c1. The van der Waals surface area contributed by atoms with Gasteiger partial charge in [0.05, 0.1) is 0 Å². The third kappa shape index (κ3) is 1.51. The summed E-state index contributed by atoms with van der Waals surface area (Å²) in [6, 6.07) is 10.1. The topological polar surface area (TPSA) is 15.3 Å². The summed E-state index contributed by atoms with van der Waals surface area (Å²) in [7, 11) is 0. The second-order valence-corrected chi connectivity index (χ2v) is 6.51. The summed E-state index contributed by atoms with van der Waals surface area (Å²) in [6.07, 6.45) is 5.39. The first-order valence-electron chi connectivity index (χ1n) is 7.32. The molecule has 0 aliphatic carbocycles. The van der Waals surface area contributed by atoms with Gasteiger partial charge in [-0.05, 0) is 51.2 Å². The zero-order valence-corrected chi connectivity index (χ0v) is 11.3. The minimum Gasteiger partial charge on any atom is -0.365 e. The predicted molar refractivity (Wildman–Crippen MR) is 75.2 cm³/mol. The Kier molecular flexibility index (Phi) is 2.25. The minimum atomic E-state index is 0.787. The summed E-state index contributed by atoms with van der Waals surface area (Å²) in [5, 5.41) is 3.78. The molecule has 4 aliphatic heterocycles. The van der Waals surface area contributed by atoms with E-state index in [0.29, 0.717) is 0 Å². The van der Waals surface area contributed by atoms with Gasteiger partial charge >= 0.3 is 0 Å². The summed E-state index contributed by atoms with van der Waals surface area (Å²) in [4.78, 5) is 2.75. The normalized spacial score (nSPS) is 37.3. The van der Waals surface area contributed by atoms with Crippen molar-refractivity contribution in [3.05, 3.63) is 29.3 Å². The minimum absolute atomic E-state index is 0.787. The van der Waals surface area contributed by atoms with Crippen LogP contribution in [0.25, 0.3) is 0 Å². The van der Waals surface area contributed by atoms with E-state index in [1.165, 1.54) is 42.5 Å². The van der Waals surface area contributed by atoms with Crippen LogP contribution < -0.4 is 10.2 Å². The van der Waals surface area contributed by atoms with Gasteiger partial charge in [-0.1, -0.05) is 17.7 Å². The van der Waals surface area contributed by atoms with Gasteiger partial charge in [-0.3, -0.25) is 0 Å². The first-order chi connectivity index (χ1) is 8.70. The smallest absolute Gasteiger partial charge is 0.0401 e. The van der Waals surface area contributed by atoms with E-state index in [2.05, 4.69) is 42.3 Å². The maximum Gasteiger partial charge on any atom is 0.0401 e. The van der Waals surface area contributed by atoms with Crippen LogP contribution in [0.3, 0.4) is 0 Å². The fourth-order valence-corrected chi connectivity index (χ4v) is 4.54. The second-order valence-electron chi connectivity index (χ2n) is 6.51. The molecule has 0 unspecified atom stereocenters. The third-order valence-electron chi connectivity index (χ3n) is 5.12. The Balaban J connectivity index is 1.72. The fourth-order valence-electron chi connectivity index (χ4n) is 4.54. The molecule has 2 nitrogen and oxygen atoms in total. The average molecular weight is 242 g/mol. The Labute approximate surface area is 109 Å². The number of nitrogens with zero attached hydrogens (tertiary/aromatic N) is 1. The van der Waals surface area contributed by atoms with Crippen LogP contribution in [0.1, 0.15) is 36.8 Å². The van der Waals surface area contributed by atoms with E-state index in [9.17, 15) is 0 Å². The molecular formula is C16H22N2. The van der Waals surface area contributed by atoms with E-state index in [4.69, 9.17) is 0 Å². The molecule has 4 bridgehead atoms. The highest BCUT2D eigenvalue weighted by Gasteiger charge is 2.46. The van der Waals surface area contributed by atoms with Crippen LogP contribution in [-0.2, 0) is 0 Å². The molecule has 0 atom stereocenters. The lowest BCUT2D eigenvalue weighted by molar-refractivity contribution is 0.134. The number of aryl methyl sites for hydroxylation is 2. The van der Waals surface area contributed by atoms with Crippen molar-refractivity contribution in [2.45, 2.75) is 63.7 Å². The van der Waals surface area contributed by atoms with Crippen molar-refractivity contribution in [1.29, 1.82) is 0 Å². The van der Waals surface area contributed by atoms with Crippen molar-refractivity contribution >= 4 is 5.69 Å². The van der Waals surface area contributed by atoms with Crippen LogP contribution in [0, 0.1) is 13.8 Å². The number of hydrogen-bond acceptors (Lipinski definition) is 2. The Morgan fingerprint density at radius 1 is 1.00 bits per heavy atom. The maximum absolute atomic E-state index is 3.78. The molecule has 4 heterocycles. The van der Waals surface area contributed by atoms with Gasteiger partial charge in [0.1, 0.15) is 0 Å². The molecule has 2 heteroatoms. The van der Waals surface area contributed by atoms with Gasteiger partial charge < -0.3 is 10.2 Å². The number of benzene rings is 1. The first-order valence-corrected chi connectivity index (χ1v) is 7.32. The van der Waals surface area contributed by atoms with Crippen LogP contribution in [0.4, 0.5) is 5.69 Å². The van der Waals surface area contributed by atoms with Gasteiger partial charge in [-0.2, -0.15) is 0 Å². The average Bonchev–Trinajstić information content (AvgIpc) is 2.30. The largest absolute Gasteiger partial charge is 0.365 e. The molecule has 0 spiro atoms. The number of nitrogens with one attached hydrogen (secondary N) is 1. The molecule has 4 saturated heterocycles. The zero-order chi connectivity index (χ0) is 12.3. The van der Waals surface area contributed by atoms with Crippen molar-refractivity contribution in [3.8, 4) is 0 Å². The molecule has 96 valence electrons. The lowest BCUT2D eigenvalue weighted by Crippen LogP contribution is -2.67. The molecule has 1 aromatic rings. The van der Waals surface area contributed by atoms with Crippen LogP contribution in [0.15, 0.2) is 18.2 Å². The van der Waals surface area contributed by atoms with E-state index in [1.807, 2.05) is 0 Å². The number of piperidine rings is 4. The van der Waals surface area contributed by atoms with Gasteiger partial charge in [0.25, 0.3) is 0 Å². The predicted octanol–water partition coefficient (Wildman–Crippen LogP) is 2.78. The van der Waals surface area contributed by atoms with Crippen LogP contribution in [-0.4, -0.2) is 24.2 Å². The number of rotatable bonds is 1. The molecule has 4 fully saturated rings. The second kappa shape index (κ2) is 3.74. The van der Waals surface area contributed by atoms with Crippen molar-refractivity contribution in [3.63, 3.8) is 0 Å². The van der Waals surface area contributed by atoms with Gasteiger partial charge in [-0.25, -0.2) is 0 Å². The molecule has 1 N–H and O–H groups in total. The van der Waals surface area contributed by atoms with Gasteiger partial charge in [0.15, 0.2) is 0 Å². The van der Waals surface area contributed by atoms with E-state index in [1.54, 1.807) is 0 Å². The van der Waals surface area contributed by atoms with Gasteiger partial charge in [0.2, 0.25) is 0 Å². The number of anilines is 1. The van der Waals surface area contributed by atoms with Crippen molar-refractivity contribution in [1.82, 2.24) is 5.32 Å². The Bertz CT molecular complexity index is 452. The molecule has 0 amide bonds. The van der Waals surface area contributed by atoms with Crippen molar-refractivity contribution in [2.24, 2.45) is 0 Å². The first kappa shape index (κ1) is 10.9. The molecule has 1 aromatic carbocycles. The van der Waals surface area contributed by atoms with Gasteiger partial charge in [-0.15, -0.1) is 0 Å². The molecule has 0 saturated carbocycles. The van der Waals surface area contributed by atoms with Crippen molar-refractivity contribution < 1.29 is 0 Å². The highest BCUT2D eigenvalue weighted by atomic mass is 15.3. The Hall–Kier alpha value is -1.02. The Morgan fingerprint density at radius 2 is 1.61 bits per heavy atom.